The van der Waals surface area contributed by atoms with E-state index in [0.29, 0.717) is 6.04 Å². The number of hydrogen-bond acceptors (Lipinski definition) is 5. The molecule has 0 saturated carbocycles. The first-order valence-corrected chi connectivity index (χ1v) is 10.1. The second-order valence-electron chi connectivity index (χ2n) is 6.49. The van der Waals surface area contributed by atoms with Crippen LogP contribution >= 0.6 is 11.8 Å². The van der Waals surface area contributed by atoms with E-state index < -0.39 is 0 Å². The van der Waals surface area contributed by atoms with Gasteiger partial charge in [-0.15, -0.1) is 0 Å². The summed E-state index contributed by atoms with van der Waals surface area (Å²) in [7, 11) is 1.85. The zero-order valence-electron chi connectivity index (χ0n) is 14.4. The van der Waals surface area contributed by atoms with Crippen LogP contribution in [0, 0.1) is 5.92 Å². The predicted octanol–water partition coefficient (Wildman–Crippen LogP) is 1.75. The van der Waals surface area contributed by atoms with Gasteiger partial charge in [0.25, 0.3) is 0 Å². The van der Waals surface area contributed by atoms with Crippen LogP contribution in [-0.2, 0) is 0 Å². The molecule has 2 N–H and O–H groups in total. The fraction of sp³-hybridized carbons (Fsp3) is 0.706. The quantitative estimate of drug-likeness (QED) is 0.638. The minimum atomic E-state index is 0.385. The van der Waals surface area contributed by atoms with Crippen molar-refractivity contribution >= 4 is 23.7 Å². The van der Waals surface area contributed by atoms with Gasteiger partial charge < -0.3 is 15.5 Å². The first kappa shape index (κ1) is 17.3. The first-order chi connectivity index (χ1) is 11.8. The van der Waals surface area contributed by atoms with Crippen molar-refractivity contribution in [1.29, 1.82) is 0 Å². The Balaban J connectivity index is 1.48. The van der Waals surface area contributed by atoms with E-state index in [4.69, 9.17) is 0 Å². The van der Waals surface area contributed by atoms with Crippen LogP contribution in [0.5, 0.6) is 0 Å². The summed E-state index contributed by atoms with van der Waals surface area (Å²) in [6.45, 7) is 2.97. The van der Waals surface area contributed by atoms with Crippen LogP contribution in [0.1, 0.15) is 25.7 Å². The number of aliphatic imine (C=N–C) groups is 1. The number of aromatic nitrogens is 2. The van der Waals surface area contributed by atoms with Crippen molar-refractivity contribution < 1.29 is 0 Å². The molecule has 24 heavy (non-hydrogen) atoms. The molecule has 2 fully saturated rings. The van der Waals surface area contributed by atoms with Crippen molar-refractivity contribution in [2.75, 3.05) is 43.1 Å². The van der Waals surface area contributed by atoms with Crippen molar-refractivity contribution in [2.45, 2.75) is 31.7 Å². The fourth-order valence-electron chi connectivity index (χ4n) is 3.31. The van der Waals surface area contributed by atoms with Crippen molar-refractivity contribution in [2.24, 2.45) is 10.9 Å². The molecule has 1 aromatic rings. The molecule has 0 bridgehead atoms. The number of nitrogens with zero attached hydrogens (tertiary/aromatic N) is 4. The smallest absolute Gasteiger partial charge is 0.225 e. The second-order valence-corrected chi connectivity index (χ2v) is 7.71. The Morgan fingerprint density at radius 3 is 2.83 bits per heavy atom. The summed E-state index contributed by atoms with van der Waals surface area (Å²) in [6, 6.07) is 2.24. The number of hydrogen-bond donors (Lipinski definition) is 2. The Labute approximate surface area is 148 Å². The molecule has 2 saturated heterocycles. The van der Waals surface area contributed by atoms with Crippen LogP contribution < -0.4 is 15.5 Å². The molecule has 0 aromatic carbocycles. The molecule has 6 nitrogen and oxygen atoms in total. The SMILES string of the molecule is CN=C(NCC1CCSCC1)NC1CCCN(c2ncccn2)C1. The molecule has 3 heterocycles. The third-order valence-electron chi connectivity index (χ3n) is 4.72. The number of guanidine groups is 1. The van der Waals surface area contributed by atoms with E-state index in [1.54, 1.807) is 0 Å². The molecule has 2 aliphatic heterocycles. The summed E-state index contributed by atoms with van der Waals surface area (Å²) < 4.78 is 0. The number of anilines is 1. The molecule has 0 aliphatic carbocycles. The fourth-order valence-corrected chi connectivity index (χ4v) is 4.51. The number of nitrogens with one attached hydrogen (secondary N) is 2. The molecule has 7 heteroatoms. The molecular formula is C17H28N6S. The van der Waals surface area contributed by atoms with Gasteiger partial charge in [-0.05, 0) is 49.2 Å². The molecule has 132 valence electrons. The zero-order valence-corrected chi connectivity index (χ0v) is 15.3. The van der Waals surface area contributed by atoms with Crippen LogP contribution in [-0.4, -0.2) is 60.2 Å². The Morgan fingerprint density at radius 1 is 1.29 bits per heavy atom. The lowest BCUT2D eigenvalue weighted by molar-refractivity contribution is 0.450. The molecule has 3 rings (SSSR count). The second kappa shape index (κ2) is 9.11. The third kappa shape index (κ3) is 5.00. The van der Waals surface area contributed by atoms with E-state index in [1.165, 1.54) is 24.3 Å². The lowest BCUT2D eigenvalue weighted by atomic mass is 10.0. The molecule has 0 spiro atoms. The average Bonchev–Trinajstić information content (AvgIpc) is 2.67. The number of thioether (sulfide) groups is 1. The van der Waals surface area contributed by atoms with Crippen molar-refractivity contribution in [3.05, 3.63) is 18.5 Å². The monoisotopic (exact) mass is 348 g/mol. The van der Waals surface area contributed by atoms with E-state index in [2.05, 4.69) is 42.3 Å². The predicted molar refractivity (Wildman–Crippen MR) is 102 cm³/mol. The molecule has 1 aromatic heterocycles. The van der Waals surface area contributed by atoms with E-state index in [9.17, 15) is 0 Å². The van der Waals surface area contributed by atoms with Gasteiger partial charge in [-0.25, -0.2) is 9.97 Å². The van der Waals surface area contributed by atoms with Gasteiger partial charge in [0.05, 0.1) is 0 Å². The minimum Gasteiger partial charge on any atom is -0.356 e. The Kier molecular flexibility index (Phi) is 6.57. The van der Waals surface area contributed by atoms with Gasteiger partial charge in [-0.1, -0.05) is 0 Å². The topological polar surface area (TPSA) is 65.4 Å². The summed E-state index contributed by atoms with van der Waals surface area (Å²) in [5, 5.41) is 7.10. The standard InChI is InChI=1S/C17H28N6S/c1-18-16(21-12-14-5-10-24-11-6-14)22-15-4-2-9-23(13-15)17-19-7-3-8-20-17/h3,7-8,14-15H,2,4-6,9-13H2,1H3,(H2,18,21,22). The van der Waals surface area contributed by atoms with Gasteiger partial charge in [0, 0.05) is 45.1 Å². The highest BCUT2D eigenvalue weighted by molar-refractivity contribution is 7.99. The van der Waals surface area contributed by atoms with E-state index in [1.807, 2.05) is 25.5 Å². The summed E-state index contributed by atoms with van der Waals surface area (Å²) in [6.07, 6.45) is 8.55. The number of piperidine rings is 1. The van der Waals surface area contributed by atoms with Gasteiger partial charge in [0.2, 0.25) is 5.95 Å². The van der Waals surface area contributed by atoms with E-state index >= 15 is 0 Å². The maximum Gasteiger partial charge on any atom is 0.225 e. The lowest BCUT2D eigenvalue weighted by Gasteiger charge is -2.34. The molecule has 0 amide bonds. The van der Waals surface area contributed by atoms with Crippen LogP contribution in [0.4, 0.5) is 5.95 Å². The van der Waals surface area contributed by atoms with Crippen LogP contribution in [0.15, 0.2) is 23.5 Å². The molecule has 1 unspecified atom stereocenters. The molecule has 0 radical (unpaired) electrons. The highest BCUT2D eigenvalue weighted by Gasteiger charge is 2.22. The highest BCUT2D eigenvalue weighted by atomic mass is 32.2. The van der Waals surface area contributed by atoms with Crippen molar-refractivity contribution in [1.82, 2.24) is 20.6 Å². The average molecular weight is 349 g/mol. The molecule has 1 atom stereocenters. The Bertz CT molecular complexity index is 517. The summed E-state index contributed by atoms with van der Waals surface area (Å²) in [4.78, 5) is 15.4. The molecule has 2 aliphatic rings. The van der Waals surface area contributed by atoms with E-state index in [-0.39, 0.29) is 0 Å². The van der Waals surface area contributed by atoms with Gasteiger partial charge in [-0.3, -0.25) is 4.99 Å². The third-order valence-corrected chi connectivity index (χ3v) is 5.77. The summed E-state index contributed by atoms with van der Waals surface area (Å²) >= 11 is 2.07. The van der Waals surface area contributed by atoms with Gasteiger partial charge in [0.15, 0.2) is 5.96 Å². The number of rotatable bonds is 4. The van der Waals surface area contributed by atoms with Crippen LogP contribution in [0.2, 0.25) is 0 Å². The van der Waals surface area contributed by atoms with Gasteiger partial charge in [0.1, 0.15) is 0 Å². The maximum absolute atomic E-state index is 4.40. The summed E-state index contributed by atoms with van der Waals surface area (Å²) in [5.74, 6) is 5.13. The van der Waals surface area contributed by atoms with Gasteiger partial charge in [-0.2, -0.15) is 11.8 Å². The highest BCUT2D eigenvalue weighted by Crippen LogP contribution is 2.21. The molecular weight excluding hydrogens is 320 g/mol. The Morgan fingerprint density at radius 2 is 2.08 bits per heavy atom. The van der Waals surface area contributed by atoms with Gasteiger partial charge >= 0.3 is 0 Å². The van der Waals surface area contributed by atoms with Crippen molar-refractivity contribution in [3.63, 3.8) is 0 Å². The van der Waals surface area contributed by atoms with E-state index in [0.717, 1.165) is 50.3 Å². The summed E-state index contributed by atoms with van der Waals surface area (Å²) in [5.41, 5.74) is 0. The normalized spacial score (nSPS) is 23.1. The van der Waals surface area contributed by atoms with Crippen LogP contribution in [0.3, 0.4) is 0 Å². The first-order valence-electron chi connectivity index (χ1n) is 8.92. The Hall–Kier alpha value is -1.50. The maximum atomic E-state index is 4.40. The lowest BCUT2D eigenvalue weighted by Crippen LogP contribution is -2.52. The largest absolute Gasteiger partial charge is 0.356 e. The van der Waals surface area contributed by atoms with Crippen LogP contribution in [0.25, 0.3) is 0 Å². The van der Waals surface area contributed by atoms with Crippen molar-refractivity contribution in [3.8, 4) is 0 Å². The zero-order chi connectivity index (χ0) is 16.6. The minimum absolute atomic E-state index is 0.385.